The number of likely N-dealkylation sites (tertiary alicyclic amines) is 1. The van der Waals surface area contributed by atoms with Crippen LogP contribution in [0.5, 0.6) is 5.75 Å². The molecule has 1 aliphatic heterocycles. The molecule has 0 bridgehead atoms. The third-order valence-corrected chi connectivity index (χ3v) is 4.92. The molecule has 1 saturated heterocycles. The van der Waals surface area contributed by atoms with E-state index >= 15 is 0 Å². The number of halogens is 3. The average Bonchev–Trinajstić information content (AvgIpc) is 3.15. The van der Waals surface area contributed by atoms with E-state index in [-0.39, 0.29) is 29.8 Å². The van der Waals surface area contributed by atoms with Crippen LogP contribution in [0.1, 0.15) is 22.9 Å². The maximum atomic E-state index is 12.9. The van der Waals surface area contributed by atoms with Crippen molar-refractivity contribution in [1.29, 1.82) is 0 Å². The van der Waals surface area contributed by atoms with Crippen LogP contribution in [-0.2, 0) is 11.0 Å². The summed E-state index contributed by atoms with van der Waals surface area (Å²) in [6, 6.07) is 12.2. The molecule has 0 radical (unpaired) electrons. The summed E-state index contributed by atoms with van der Waals surface area (Å²) in [7, 11) is 0. The Labute approximate surface area is 170 Å². The van der Waals surface area contributed by atoms with E-state index in [1.54, 1.807) is 11.0 Å². The van der Waals surface area contributed by atoms with E-state index in [9.17, 15) is 18.0 Å². The standard InChI is InChI=1S/C21H18F3N3O3/c1-13-5-2-3-8-17(13)29-12-18(28)27-10-15(11-27)20-25-19(26-30-20)14-6-4-7-16(9-14)21(22,23)24/h2-9,15H,10-12H2,1H3. The molecule has 30 heavy (non-hydrogen) atoms. The van der Waals surface area contributed by atoms with Gasteiger partial charge in [0.05, 0.1) is 11.5 Å². The summed E-state index contributed by atoms with van der Waals surface area (Å²) >= 11 is 0. The quantitative estimate of drug-likeness (QED) is 0.626. The fourth-order valence-electron chi connectivity index (χ4n) is 3.14. The van der Waals surface area contributed by atoms with Crippen molar-refractivity contribution in [1.82, 2.24) is 15.0 Å². The number of nitrogens with zero attached hydrogens (tertiary/aromatic N) is 3. The van der Waals surface area contributed by atoms with Crippen molar-refractivity contribution in [2.75, 3.05) is 19.7 Å². The monoisotopic (exact) mass is 417 g/mol. The topological polar surface area (TPSA) is 68.5 Å². The van der Waals surface area contributed by atoms with Gasteiger partial charge in [0.2, 0.25) is 11.7 Å². The Morgan fingerprint density at radius 2 is 1.97 bits per heavy atom. The molecular weight excluding hydrogens is 399 g/mol. The lowest BCUT2D eigenvalue weighted by molar-refractivity contribution is -0.138. The van der Waals surface area contributed by atoms with Crippen LogP contribution < -0.4 is 4.74 Å². The van der Waals surface area contributed by atoms with Gasteiger partial charge in [0.15, 0.2) is 6.61 Å². The molecule has 156 valence electrons. The van der Waals surface area contributed by atoms with Gasteiger partial charge < -0.3 is 14.2 Å². The molecule has 2 heterocycles. The van der Waals surface area contributed by atoms with Crippen LogP contribution in [0.15, 0.2) is 53.1 Å². The molecule has 4 rings (SSSR count). The van der Waals surface area contributed by atoms with Crippen molar-refractivity contribution in [2.24, 2.45) is 0 Å². The minimum atomic E-state index is -4.45. The lowest BCUT2D eigenvalue weighted by Crippen LogP contribution is -2.50. The van der Waals surface area contributed by atoms with Crippen LogP contribution >= 0.6 is 0 Å². The van der Waals surface area contributed by atoms with E-state index in [1.165, 1.54) is 12.1 Å². The second-order valence-corrected chi connectivity index (χ2v) is 7.08. The number of hydrogen-bond acceptors (Lipinski definition) is 5. The number of amides is 1. The number of aryl methyl sites for hydroxylation is 1. The first kappa shape index (κ1) is 19.9. The number of carbonyl (C=O) groups is 1. The summed E-state index contributed by atoms with van der Waals surface area (Å²) in [5, 5.41) is 3.79. The number of alkyl halides is 3. The Morgan fingerprint density at radius 3 is 2.70 bits per heavy atom. The van der Waals surface area contributed by atoms with Crippen LogP contribution in [0.25, 0.3) is 11.4 Å². The van der Waals surface area contributed by atoms with Gasteiger partial charge in [-0.25, -0.2) is 0 Å². The molecule has 0 saturated carbocycles. The highest BCUT2D eigenvalue weighted by molar-refractivity contribution is 5.78. The van der Waals surface area contributed by atoms with Crippen molar-refractivity contribution in [3.05, 3.63) is 65.5 Å². The summed E-state index contributed by atoms with van der Waals surface area (Å²) in [6.45, 7) is 2.61. The van der Waals surface area contributed by atoms with Crippen molar-refractivity contribution in [3.8, 4) is 17.1 Å². The maximum Gasteiger partial charge on any atom is 0.416 e. The summed E-state index contributed by atoms with van der Waals surface area (Å²) < 4.78 is 49.4. The molecule has 1 aliphatic rings. The SMILES string of the molecule is Cc1ccccc1OCC(=O)N1CC(c2nc(-c3cccc(C(F)(F)F)c3)no2)C1. The number of ether oxygens (including phenoxy) is 1. The zero-order valence-electron chi connectivity index (χ0n) is 16.0. The lowest BCUT2D eigenvalue weighted by atomic mass is 10.00. The van der Waals surface area contributed by atoms with Gasteiger partial charge in [0.25, 0.3) is 5.91 Å². The van der Waals surface area contributed by atoms with Gasteiger partial charge in [-0.15, -0.1) is 0 Å². The fraction of sp³-hybridized carbons (Fsp3) is 0.286. The largest absolute Gasteiger partial charge is 0.484 e. The van der Waals surface area contributed by atoms with E-state index in [1.807, 2.05) is 25.1 Å². The number of rotatable bonds is 5. The zero-order chi connectivity index (χ0) is 21.3. The number of benzene rings is 2. The average molecular weight is 417 g/mol. The molecule has 0 N–H and O–H groups in total. The van der Waals surface area contributed by atoms with Gasteiger partial charge in [0.1, 0.15) is 5.75 Å². The normalized spacial score (nSPS) is 14.5. The first-order valence-electron chi connectivity index (χ1n) is 9.28. The third kappa shape index (κ3) is 4.14. The minimum Gasteiger partial charge on any atom is -0.484 e. The molecule has 1 fully saturated rings. The van der Waals surface area contributed by atoms with E-state index in [0.29, 0.717) is 24.7 Å². The molecule has 1 aromatic heterocycles. The first-order valence-corrected chi connectivity index (χ1v) is 9.28. The molecule has 0 atom stereocenters. The van der Waals surface area contributed by atoms with Gasteiger partial charge in [0, 0.05) is 18.7 Å². The zero-order valence-corrected chi connectivity index (χ0v) is 16.0. The van der Waals surface area contributed by atoms with Crippen LogP contribution in [0.4, 0.5) is 13.2 Å². The van der Waals surface area contributed by atoms with Crippen molar-refractivity contribution >= 4 is 5.91 Å². The summed E-state index contributed by atoms with van der Waals surface area (Å²) in [6.07, 6.45) is -4.45. The fourth-order valence-corrected chi connectivity index (χ4v) is 3.14. The molecule has 1 amide bonds. The van der Waals surface area contributed by atoms with Gasteiger partial charge in [-0.2, -0.15) is 18.2 Å². The summed E-state index contributed by atoms with van der Waals surface area (Å²) in [5.41, 5.74) is 0.388. The van der Waals surface area contributed by atoms with E-state index in [2.05, 4.69) is 10.1 Å². The van der Waals surface area contributed by atoms with Crippen molar-refractivity contribution < 1.29 is 27.2 Å². The molecule has 3 aromatic rings. The Balaban J connectivity index is 1.34. The highest BCUT2D eigenvalue weighted by atomic mass is 19.4. The Kier molecular flexibility index (Phi) is 5.19. The number of para-hydroxylation sites is 1. The van der Waals surface area contributed by atoms with E-state index in [4.69, 9.17) is 9.26 Å². The van der Waals surface area contributed by atoms with E-state index in [0.717, 1.165) is 17.7 Å². The highest BCUT2D eigenvalue weighted by Crippen LogP contribution is 2.32. The summed E-state index contributed by atoms with van der Waals surface area (Å²) in [5.74, 6) is 0.729. The molecule has 9 heteroatoms. The second kappa shape index (κ2) is 7.81. The molecule has 0 unspecified atom stereocenters. The summed E-state index contributed by atoms with van der Waals surface area (Å²) in [4.78, 5) is 18.1. The molecular formula is C21H18F3N3O3. The molecule has 0 aliphatic carbocycles. The minimum absolute atomic E-state index is 0.0725. The van der Waals surface area contributed by atoms with Crippen molar-refractivity contribution in [3.63, 3.8) is 0 Å². The van der Waals surface area contributed by atoms with Crippen LogP contribution in [0.3, 0.4) is 0 Å². The number of aromatic nitrogens is 2. The first-order chi connectivity index (χ1) is 14.3. The molecule has 6 nitrogen and oxygen atoms in total. The Bertz CT molecular complexity index is 1060. The van der Waals surface area contributed by atoms with Gasteiger partial charge in [-0.1, -0.05) is 35.5 Å². The van der Waals surface area contributed by atoms with E-state index < -0.39 is 11.7 Å². The molecule has 0 spiro atoms. The lowest BCUT2D eigenvalue weighted by Gasteiger charge is -2.36. The third-order valence-electron chi connectivity index (χ3n) is 4.92. The highest BCUT2D eigenvalue weighted by Gasteiger charge is 2.36. The van der Waals surface area contributed by atoms with Crippen LogP contribution in [-0.4, -0.2) is 40.6 Å². The number of carbonyl (C=O) groups excluding carboxylic acids is 1. The molecule has 2 aromatic carbocycles. The van der Waals surface area contributed by atoms with Crippen LogP contribution in [0.2, 0.25) is 0 Å². The van der Waals surface area contributed by atoms with Gasteiger partial charge >= 0.3 is 6.18 Å². The smallest absolute Gasteiger partial charge is 0.416 e. The van der Waals surface area contributed by atoms with Crippen molar-refractivity contribution in [2.45, 2.75) is 19.0 Å². The predicted octanol–water partition coefficient (Wildman–Crippen LogP) is 4.07. The second-order valence-electron chi connectivity index (χ2n) is 7.08. The number of hydrogen-bond donors (Lipinski definition) is 0. The Hall–Kier alpha value is -3.36. The van der Waals surface area contributed by atoms with Crippen LogP contribution in [0, 0.1) is 6.92 Å². The maximum absolute atomic E-state index is 12.9. The predicted molar refractivity (Wildman–Crippen MR) is 101 cm³/mol. The Morgan fingerprint density at radius 1 is 1.20 bits per heavy atom. The van der Waals surface area contributed by atoms with Gasteiger partial charge in [-0.05, 0) is 30.7 Å². The van der Waals surface area contributed by atoms with Gasteiger partial charge in [-0.3, -0.25) is 4.79 Å².